The third kappa shape index (κ3) is 4.59. The molecule has 144 valence electrons. The van der Waals surface area contributed by atoms with Crippen molar-refractivity contribution in [2.45, 2.75) is 38.8 Å². The van der Waals surface area contributed by atoms with Crippen LogP contribution in [0.15, 0.2) is 24.3 Å². The topological polar surface area (TPSA) is 125 Å². The number of likely N-dealkylation sites (N-methyl/N-ethyl adjacent to an activating group) is 1. The van der Waals surface area contributed by atoms with Gasteiger partial charge in [-0.25, -0.2) is 4.79 Å². The van der Waals surface area contributed by atoms with E-state index in [1.807, 2.05) is 24.0 Å². The highest BCUT2D eigenvalue weighted by atomic mass is 16.4. The number of amides is 2. The van der Waals surface area contributed by atoms with Gasteiger partial charge in [0.25, 0.3) is 0 Å². The molecule has 10 heteroatoms. The summed E-state index contributed by atoms with van der Waals surface area (Å²) in [6.45, 7) is 4.45. The van der Waals surface area contributed by atoms with Crippen molar-refractivity contribution in [3.8, 4) is 5.69 Å². The fourth-order valence-corrected chi connectivity index (χ4v) is 3.21. The highest BCUT2D eigenvalue weighted by Gasteiger charge is 2.34. The van der Waals surface area contributed by atoms with E-state index in [0.717, 1.165) is 18.5 Å². The van der Waals surface area contributed by atoms with Gasteiger partial charge in [-0.05, 0) is 54.9 Å². The number of carbonyl (C=O) groups excluding carboxylic acids is 1. The van der Waals surface area contributed by atoms with E-state index in [0.29, 0.717) is 18.1 Å². The van der Waals surface area contributed by atoms with Crippen LogP contribution in [0.4, 0.5) is 10.5 Å². The van der Waals surface area contributed by atoms with Crippen molar-refractivity contribution in [2.24, 2.45) is 0 Å². The van der Waals surface area contributed by atoms with Gasteiger partial charge >= 0.3 is 12.0 Å². The largest absolute Gasteiger partial charge is 0.480 e. The Balaban J connectivity index is 1.51. The monoisotopic (exact) mass is 373 g/mol. The number of rotatable bonds is 7. The Morgan fingerprint density at radius 2 is 2.15 bits per heavy atom. The van der Waals surface area contributed by atoms with Gasteiger partial charge in [0, 0.05) is 17.8 Å². The van der Waals surface area contributed by atoms with E-state index in [2.05, 4.69) is 26.2 Å². The van der Waals surface area contributed by atoms with Crippen LogP contribution in [0.1, 0.15) is 25.6 Å². The summed E-state index contributed by atoms with van der Waals surface area (Å²) >= 11 is 0. The predicted molar refractivity (Wildman–Crippen MR) is 97.7 cm³/mol. The number of anilines is 1. The smallest absolute Gasteiger partial charge is 0.319 e. The van der Waals surface area contributed by atoms with Crippen LogP contribution in [-0.2, 0) is 4.79 Å². The van der Waals surface area contributed by atoms with E-state index in [-0.39, 0.29) is 24.7 Å². The maximum Gasteiger partial charge on any atom is 0.319 e. The van der Waals surface area contributed by atoms with Crippen molar-refractivity contribution in [2.75, 3.05) is 18.4 Å². The summed E-state index contributed by atoms with van der Waals surface area (Å²) in [6, 6.07) is 7.20. The number of urea groups is 1. The van der Waals surface area contributed by atoms with Crippen molar-refractivity contribution in [1.82, 2.24) is 30.4 Å². The van der Waals surface area contributed by atoms with E-state index >= 15 is 0 Å². The number of tetrazole rings is 1. The molecule has 3 N–H and O–H groups in total. The van der Waals surface area contributed by atoms with Crippen LogP contribution in [0.3, 0.4) is 0 Å². The molecule has 1 heterocycles. The highest BCUT2D eigenvalue weighted by Crippen LogP contribution is 2.25. The van der Waals surface area contributed by atoms with Gasteiger partial charge in [0.1, 0.15) is 0 Å². The van der Waals surface area contributed by atoms with Crippen molar-refractivity contribution in [3.05, 3.63) is 30.1 Å². The minimum atomic E-state index is -0.830. The van der Waals surface area contributed by atoms with Gasteiger partial charge in [0.05, 0.1) is 12.2 Å². The molecule has 0 atom stereocenters. The Hall–Kier alpha value is -3.01. The Kier molecular flexibility index (Phi) is 5.65. The van der Waals surface area contributed by atoms with Crippen LogP contribution >= 0.6 is 0 Å². The van der Waals surface area contributed by atoms with Gasteiger partial charge < -0.3 is 15.7 Å². The molecule has 3 rings (SSSR count). The molecule has 2 amide bonds. The Bertz CT molecular complexity index is 816. The number of nitrogens with zero attached hydrogens (tertiary/aromatic N) is 5. The van der Waals surface area contributed by atoms with Crippen LogP contribution in [0.2, 0.25) is 0 Å². The van der Waals surface area contributed by atoms with Crippen molar-refractivity contribution in [3.63, 3.8) is 0 Å². The van der Waals surface area contributed by atoms with Gasteiger partial charge in [-0.1, -0.05) is 13.0 Å². The van der Waals surface area contributed by atoms with Gasteiger partial charge in [0.2, 0.25) is 0 Å². The van der Waals surface area contributed by atoms with E-state index in [1.165, 1.54) is 0 Å². The second-order valence-corrected chi connectivity index (χ2v) is 6.57. The average molecular weight is 373 g/mol. The molecule has 0 unspecified atom stereocenters. The molecular formula is C17H23N7O3. The molecule has 1 aliphatic rings. The van der Waals surface area contributed by atoms with Crippen LogP contribution in [0.25, 0.3) is 5.69 Å². The average Bonchev–Trinajstić information content (AvgIpc) is 3.02. The summed E-state index contributed by atoms with van der Waals surface area (Å²) in [7, 11) is 0. The highest BCUT2D eigenvalue weighted by molar-refractivity contribution is 5.89. The van der Waals surface area contributed by atoms with Crippen molar-refractivity contribution in [1.29, 1.82) is 0 Å². The molecule has 0 radical (unpaired) electrons. The van der Waals surface area contributed by atoms with Crippen LogP contribution in [0, 0.1) is 6.92 Å². The van der Waals surface area contributed by atoms with E-state index in [9.17, 15) is 9.59 Å². The third-order valence-electron chi connectivity index (χ3n) is 4.68. The lowest BCUT2D eigenvalue weighted by molar-refractivity contribution is -0.139. The van der Waals surface area contributed by atoms with E-state index in [1.54, 1.807) is 23.7 Å². The summed E-state index contributed by atoms with van der Waals surface area (Å²) in [5, 5.41) is 26.0. The van der Waals surface area contributed by atoms with Gasteiger partial charge in [-0.15, -0.1) is 5.10 Å². The second kappa shape index (κ2) is 8.12. The molecule has 1 aromatic heterocycles. The van der Waals surface area contributed by atoms with Gasteiger partial charge in [-0.2, -0.15) is 4.68 Å². The molecule has 27 heavy (non-hydrogen) atoms. The first-order valence-corrected chi connectivity index (χ1v) is 8.85. The fraction of sp³-hybridized carbons (Fsp3) is 0.471. The zero-order valence-corrected chi connectivity index (χ0v) is 15.3. The third-order valence-corrected chi connectivity index (χ3v) is 4.68. The molecule has 0 saturated heterocycles. The molecule has 0 aliphatic heterocycles. The first-order valence-electron chi connectivity index (χ1n) is 8.85. The Morgan fingerprint density at radius 1 is 1.37 bits per heavy atom. The molecule has 0 bridgehead atoms. The van der Waals surface area contributed by atoms with E-state index in [4.69, 9.17) is 5.11 Å². The summed E-state index contributed by atoms with van der Waals surface area (Å²) in [5.74, 6) is -0.178. The molecule has 1 aromatic carbocycles. The predicted octanol–water partition coefficient (Wildman–Crippen LogP) is 1.03. The number of hydrogen-bond donors (Lipinski definition) is 3. The standard InChI is InChI=1S/C17H23N7O3/c1-3-23(10-16(25)26)15-8-13(9-15)19-17(27)18-12-5-4-6-14(7-12)24-11(2)20-21-22-24/h4-7,13,15H,3,8-10H2,1-2H3,(H,25,26)(H2,18,19,27). The number of benzene rings is 1. The first-order chi connectivity index (χ1) is 13.0. The zero-order valence-electron chi connectivity index (χ0n) is 15.3. The molecule has 1 fully saturated rings. The Morgan fingerprint density at radius 3 is 2.78 bits per heavy atom. The van der Waals surface area contributed by atoms with E-state index < -0.39 is 5.97 Å². The molecule has 1 aliphatic carbocycles. The molecule has 2 aromatic rings. The number of carboxylic acids is 1. The lowest BCUT2D eigenvalue weighted by Crippen LogP contribution is -2.55. The maximum absolute atomic E-state index is 12.2. The summed E-state index contributed by atoms with van der Waals surface area (Å²) in [4.78, 5) is 25.0. The molecule has 10 nitrogen and oxygen atoms in total. The molecular weight excluding hydrogens is 350 g/mol. The summed E-state index contributed by atoms with van der Waals surface area (Å²) < 4.78 is 1.58. The lowest BCUT2D eigenvalue weighted by atomic mass is 9.85. The number of nitrogens with one attached hydrogen (secondary N) is 2. The lowest BCUT2D eigenvalue weighted by Gasteiger charge is -2.42. The summed E-state index contributed by atoms with van der Waals surface area (Å²) in [5.41, 5.74) is 1.39. The fourth-order valence-electron chi connectivity index (χ4n) is 3.21. The van der Waals surface area contributed by atoms with Gasteiger partial charge in [0.15, 0.2) is 5.82 Å². The number of aromatic nitrogens is 4. The minimum absolute atomic E-state index is 0.0312. The quantitative estimate of drug-likeness (QED) is 0.662. The number of hydrogen-bond acceptors (Lipinski definition) is 6. The second-order valence-electron chi connectivity index (χ2n) is 6.57. The molecule has 1 saturated carbocycles. The minimum Gasteiger partial charge on any atom is -0.480 e. The Labute approximate surface area is 156 Å². The SMILES string of the molecule is CCN(CC(=O)O)C1CC(NC(=O)Nc2cccc(-n3nnnc3C)c2)C1. The normalized spacial score (nSPS) is 18.8. The maximum atomic E-state index is 12.2. The number of carboxylic acid groups (broad SMARTS) is 1. The molecule has 0 spiro atoms. The number of carbonyl (C=O) groups is 2. The first kappa shape index (κ1) is 18.8. The number of aliphatic carboxylic acids is 1. The number of aryl methyl sites for hydroxylation is 1. The van der Waals surface area contributed by atoms with Crippen LogP contribution < -0.4 is 10.6 Å². The van der Waals surface area contributed by atoms with Crippen LogP contribution in [-0.4, -0.2) is 67.4 Å². The zero-order chi connectivity index (χ0) is 19.4. The van der Waals surface area contributed by atoms with Crippen molar-refractivity contribution < 1.29 is 14.7 Å². The van der Waals surface area contributed by atoms with Crippen molar-refractivity contribution >= 4 is 17.7 Å². The van der Waals surface area contributed by atoms with Gasteiger partial charge in [-0.3, -0.25) is 9.69 Å². The summed E-state index contributed by atoms with van der Waals surface area (Å²) in [6.07, 6.45) is 1.50. The van der Waals surface area contributed by atoms with Crippen LogP contribution in [0.5, 0.6) is 0 Å².